The predicted molar refractivity (Wildman–Crippen MR) is 91.9 cm³/mol. The van der Waals surface area contributed by atoms with Crippen LogP contribution < -0.4 is 10.2 Å². The lowest BCUT2D eigenvalue weighted by Crippen LogP contribution is -2.31. The zero-order valence-electron chi connectivity index (χ0n) is 13.2. The molecule has 0 bridgehead atoms. The Morgan fingerprint density at radius 2 is 2.19 bits per heavy atom. The van der Waals surface area contributed by atoms with Crippen molar-refractivity contribution in [3.05, 3.63) is 46.4 Å². The lowest BCUT2D eigenvalue weighted by Gasteiger charge is -2.30. The fourth-order valence-corrected chi connectivity index (χ4v) is 3.06. The summed E-state index contributed by atoms with van der Waals surface area (Å²) in [6, 6.07) is 6.92. The second-order valence-electron chi connectivity index (χ2n) is 5.48. The third kappa shape index (κ3) is 4.55. The number of anilines is 1. The molecule has 0 amide bonds. The van der Waals surface area contributed by atoms with E-state index < -0.39 is 0 Å². The highest BCUT2D eigenvalue weighted by Gasteiger charge is 2.15. The van der Waals surface area contributed by atoms with Gasteiger partial charge >= 0.3 is 0 Å². The average molecular weight is 303 g/mol. The number of pyridine rings is 1. The van der Waals surface area contributed by atoms with E-state index in [0.29, 0.717) is 6.04 Å². The number of hydrogen-bond acceptors (Lipinski definition) is 4. The summed E-state index contributed by atoms with van der Waals surface area (Å²) in [4.78, 5) is 8.15. The van der Waals surface area contributed by atoms with Gasteiger partial charge in [0.2, 0.25) is 0 Å². The molecule has 0 unspecified atom stereocenters. The van der Waals surface area contributed by atoms with Crippen LogP contribution in [0.4, 0.5) is 5.69 Å². The van der Waals surface area contributed by atoms with Crippen LogP contribution in [-0.4, -0.2) is 17.6 Å². The molecule has 0 aliphatic heterocycles. The highest BCUT2D eigenvalue weighted by molar-refractivity contribution is 7.09. The molecule has 0 aliphatic rings. The highest BCUT2D eigenvalue weighted by atomic mass is 32.1. The molecule has 0 fully saturated rings. The first-order chi connectivity index (χ1) is 10.2. The van der Waals surface area contributed by atoms with Gasteiger partial charge in [0.15, 0.2) is 0 Å². The number of thiophene rings is 1. The summed E-state index contributed by atoms with van der Waals surface area (Å²) in [6.07, 6.45) is 5.03. The standard InChI is InChI=1S/C17H25N3S/c1-4-8-18-11-15-12-19-9-7-17(15)20(14(2)3)13-16-6-5-10-21-16/h5-7,9-10,12,14,18H,4,8,11,13H2,1-3H3. The Labute approximate surface area is 132 Å². The molecule has 2 heterocycles. The minimum atomic E-state index is 0.458. The van der Waals surface area contributed by atoms with Gasteiger partial charge in [-0.15, -0.1) is 11.3 Å². The molecule has 0 saturated carbocycles. The molecule has 21 heavy (non-hydrogen) atoms. The van der Waals surface area contributed by atoms with Gasteiger partial charge in [-0.1, -0.05) is 13.0 Å². The van der Waals surface area contributed by atoms with Crippen molar-refractivity contribution in [2.45, 2.75) is 46.3 Å². The second-order valence-corrected chi connectivity index (χ2v) is 6.51. The number of nitrogens with one attached hydrogen (secondary N) is 1. The van der Waals surface area contributed by atoms with Crippen LogP contribution in [0.1, 0.15) is 37.6 Å². The van der Waals surface area contributed by atoms with E-state index in [1.54, 1.807) is 0 Å². The minimum Gasteiger partial charge on any atom is -0.364 e. The third-order valence-electron chi connectivity index (χ3n) is 3.46. The van der Waals surface area contributed by atoms with Gasteiger partial charge in [0.05, 0.1) is 6.54 Å². The number of nitrogens with zero attached hydrogens (tertiary/aromatic N) is 2. The van der Waals surface area contributed by atoms with Crippen LogP contribution >= 0.6 is 11.3 Å². The van der Waals surface area contributed by atoms with Crippen LogP contribution in [-0.2, 0) is 13.1 Å². The van der Waals surface area contributed by atoms with Gasteiger partial charge in [0.25, 0.3) is 0 Å². The van der Waals surface area contributed by atoms with Gasteiger partial charge in [0.1, 0.15) is 0 Å². The summed E-state index contributed by atoms with van der Waals surface area (Å²) < 4.78 is 0. The summed E-state index contributed by atoms with van der Waals surface area (Å²) >= 11 is 1.82. The Morgan fingerprint density at radius 3 is 2.86 bits per heavy atom. The van der Waals surface area contributed by atoms with Crippen molar-refractivity contribution < 1.29 is 0 Å². The van der Waals surface area contributed by atoms with Crippen molar-refractivity contribution in [1.82, 2.24) is 10.3 Å². The summed E-state index contributed by atoms with van der Waals surface area (Å²) in [5, 5.41) is 5.62. The maximum atomic E-state index is 4.30. The number of rotatable bonds is 8. The number of aromatic nitrogens is 1. The van der Waals surface area contributed by atoms with Crippen molar-refractivity contribution in [2.75, 3.05) is 11.4 Å². The Bertz CT molecular complexity index is 523. The van der Waals surface area contributed by atoms with Gasteiger partial charge < -0.3 is 10.2 Å². The Kier molecular flexibility index (Phi) is 6.21. The van der Waals surface area contributed by atoms with Crippen LogP contribution in [0.5, 0.6) is 0 Å². The predicted octanol–water partition coefficient (Wildman–Crippen LogP) is 4.06. The molecule has 0 aromatic carbocycles. The zero-order chi connectivity index (χ0) is 15.1. The highest BCUT2D eigenvalue weighted by Crippen LogP contribution is 2.25. The molecular formula is C17H25N3S. The first kappa shape index (κ1) is 16.0. The van der Waals surface area contributed by atoms with Gasteiger partial charge in [-0.3, -0.25) is 4.98 Å². The lowest BCUT2D eigenvalue weighted by molar-refractivity contribution is 0.653. The van der Waals surface area contributed by atoms with Crippen molar-refractivity contribution in [1.29, 1.82) is 0 Å². The van der Waals surface area contributed by atoms with Crippen molar-refractivity contribution in [3.63, 3.8) is 0 Å². The van der Waals surface area contributed by atoms with Crippen molar-refractivity contribution in [2.24, 2.45) is 0 Å². The minimum absolute atomic E-state index is 0.458. The molecule has 114 valence electrons. The summed E-state index contributed by atoms with van der Waals surface area (Å²) in [5.74, 6) is 0. The van der Waals surface area contributed by atoms with Crippen LogP contribution in [0.3, 0.4) is 0 Å². The van der Waals surface area contributed by atoms with E-state index >= 15 is 0 Å². The maximum absolute atomic E-state index is 4.30. The lowest BCUT2D eigenvalue weighted by atomic mass is 10.1. The van der Waals surface area contributed by atoms with Crippen molar-refractivity contribution >= 4 is 17.0 Å². The first-order valence-corrected chi connectivity index (χ1v) is 8.53. The molecule has 0 atom stereocenters. The van der Waals surface area contributed by atoms with E-state index in [1.165, 1.54) is 16.1 Å². The van der Waals surface area contributed by atoms with E-state index in [2.05, 4.69) is 59.6 Å². The van der Waals surface area contributed by atoms with E-state index in [-0.39, 0.29) is 0 Å². The molecule has 3 nitrogen and oxygen atoms in total. The van der Waals surface area contributed by atoms with Crippen LogP contribution in [0.2, 0.25) is 0 Å². The van der Waals surface area contributed by atoms with E-state index in [0.717, 1.165) is 26.1 Å². The van der Waals surface area contributed by atoms with Crippen LogP contribution in [0.15, 0.2) is 36.0 Å². The smallest absolute Gasteiger partial charge is 0.0525 e. The molecular weight excluding hydrogens is 278 g/mol. The van der Waals surface area contributed by atoms with Crippen LogP contribution in [0.25, 0.3) is 0 Å². The molecule has 2 aromatic heterocycles. The number of hydrogen-bond donors (Lipinski definition) is 1. The van der Waals surface area contributed by atoms with Gasteiger partial charge in [-0.2, -0.15) is 0 Å². The van der Waals surface area contributed by atoms with Crippen molar-refractivity contribution in [3.8, 4) is 0 Å². The summed E-state index contributed by atoms with van der Waals surface area (Å²) in [7, 11) is 0. The largest absolute Gasteiger partial charge is 0.364 e. The molecule has 2 aromatic rings. The monoisotopic (exact) mass is 303 g/mol. The van der Waals surface area contributed by atoms with Gasteiger partial charge in [-0.25, -0.2) is 0 Å². The maximum Gasteiger partial charge on any atom is 0.0525 e. The molecule has 2 rings (SSSR count). The SMILES string of the molecule is CCCNCc1cnccc1N(Cc1cccs1)C(C)C. The van der Waals surface area contributed by atoms with Crippen LogP contribution in [0, 0.1) is 0 Å². The zero-order valence-corrected chi connectivity index (χ0v) is 14.0. The van der Waals surface area contributed by atoms with Gasteiger partial charge in [0, 0.05) is 41.1 Å². The molecule has 1 N–H and O–H groups in total. The average Bonchev–Trinajstić information content (AvgIpc) is 2.98. The molecule has 0 aliphatic carbocycles. The second kappa shape index (κ2) is 8.15. The van der Waals surface area contributed by atoms with E-state index in [9.17, 15) is 0 Å². The Hall–Kier alpha value is -1.39. The van der Waals surface area contributed by atoms with Gasteiger partial charge in [-0.05, 0) is 44.3 Å². The third-order valence-corrected chi connectivity index (χ3v) is 4.32. The quantitative estimate of drug-likeness (QED) is 0.745. The molecule has 0 radical (unpaired) electrons. The Morgan fingerprint density at radius 1 is 1.33 bits per heavy atom. The fraction of sp³-hybridized carbons (Fsp3) is 0.471. The summed E-state index contributed by atoms with van der Waals surface area (Å²) in [5.41, 5.74) is 2.56. The first-order valence-electron chi connectivity index (χ1n) is 7.65. The molecule has 0 spiro atoms. The summed E-state index contributed by atoms with van der Waals surface area (Å²) in [6.45, 7) is 9.56. The molecule has 4 heteroatoms. The van der Waals surface area contributed by atoms with E-state index in [4.69, 9.17) is 0 Å². The Balaban J connectivity index is 2.19. The fourth-order valence-electron chi connectivity index (χ4n) is 2.35. The van der Waals surface area contributed by atoms with E-state index in [1.807, 2.05) is 23.7 Å². The topological polar surface area (TPSA) is 28.2 Å². The molecule has 0 saturated heterocycles. The normalized spacial score (nSPS) is 11.0.